The first kappa shape index (κ1) is 27.4. The molecule has 48 heavy (non-hydrogen) atoms. The molecule has 222 valence electrons. The molecule has 0 aliphatic rings. The van der Waals surface area contributed by atoms with Crippen molar-refractivity contribution in [2.24, 2.45) is 0 Å². The summed E-state index contributed by atoms with van der Waals surface area (Å²) in [6.07, 6.45) is 0. The highest BCUT2D eigenvalue weighted by Gasteiger charge is 2.19. The highest BCUT2D eigenvalue weighted by atomic mass is 15.0. The molecule has 0 unspecified atom stereocenters. The van der Waals surface area contributed by atoms with Crippen molar-refractivity contribution in [1.82, 2.24) is 9.13 Å². The van der Waals surface area contributed by atoms with E-state index in [0.29, 0.717) is 11.3 Å². The molecule has 4 nitrogen and oxygen atoms in total. The van der Waals surface area contributed by atoms with E-state index >= 15 is 0 Å². The van der Waals surface area contributed by atoms with Crippen LogP contribution in [0.15, 0.2) is 158 Å². The summed E-state index contributed by atoms with van der Waals surface area (Å²) in [6, 6.07) is 56.6. The van der Waals surface area contributed by atoms with Crippen LogP contribution in [0.25, 0.3) is 82.1 Å². The fourth-order valence-electron chi connectivity index (χ4n) is 7.24. The Kier molecular flexibility index (Phi) is 6.22. The monoisotopic (exact) mass is 610 g/mol. The molecule has 7 aromatic carbocycles. The van der Waals surface area contributed by atoms with E-state index in [1.54, 1.807) is 0 Å². The Morgan fingerprint density at radius 1 is 0.479 bits per heavy atom. The number of rotatable bonds is 4. The van der Waals surface area contributed by atoms with Crippen molar-refractivity contribution in [2.75, 3.05) is 0 Å². The Bertz CT molecular complexity index is 2750. The van der Waals surface area contributed by atoms with Gasteiger partial charge in [0.05, 0.1) is 46.0 Å². The van der Waals surface area contributed by atoms with E-state index in [1.807, 2.05) is 36.4 Å². The molecule has 0 aliphatic heterocycles. The molecule has 0 N–H and O–H groups in total. The zero-order chi connectivity index (χ0) is 32.2. The SMILES string of the molecule is [C-]#[N+]c1cccc(-c2cccc(-c3ccc(-n4c5ccccc5c5cc(C#N)ccc54)cc3)c2)c1-n1c2ccccc2c2ccccc21. The Hall–Kier alpha value is -6.88. The average molecular weight is 611 g/mol. The van der Waals surface area contributed by atoms with E-state index in [9.17, 15) is 5.26 Å². The maximum Gasteiger partial charge on any atom is 0.211 e. The van der Waals surface area contributed by atoms with E-state index in [0.717, 1.165) is 66.5 Å². The van der Waals surface area contributed by atoms with Crippen LogP contribution in [-0.4, -0.2) is 9.13 Å². The summed E-state index contributed by atoms with van der Waals surface area (Å²) in [5.74, 6) is 0. The van der Waals surface area contributed by atoms with Gasteiger partial charge in [-0.1, -0.05) is 103 Å². The Morgan fingerprint density at radius 3 is 1.73 bits per heavy atom. The molecular weight excluding hydrogens is 585 g/mol. The fraction of sp³-hybridized carbons (Fsp3) is 0. The van der Waals surface area contributed by atoms with Crippen molar-refractivity contribution in [3.8, 4) is 39.7 Å². The number of benzene rings is 7. The van der Waals surface area contributed by atoms with Crippen LogP contribution in [-0.2, 0) is 0 Å². The summed E-state index contributed by atoms with van der Waals surface area (Å²) in [4.78, 5) is 4.00. The number of nitriles is 1. The van der Waals surface area contributed by atoms with Crippen LogP contribution in [0.3, 0.4) is 0 Å². The van der Waals surface area contributed by atoms with Gasteiger partial charge < -0.3 is 9.13 Å². The quantitative estimate of drug-likeness (QED) is 0.183. The highest BCUT2D eigenvalue weighted by Crippen LogP contribution is 2.41. The van der Waals surface area contributed by atoms with Gasteiger partial charge in [-0.25, -0.2) is 4.85 Å². The highest BCUT2D eigenvalue weighted by molar-refractivity contribution is 6.11. The lowest BCUT2D eigenvalue weighted by atomic mass is 9.97. The largest absolute Gasteiger partial charge is 0.318 e. The first-order valence-corrected chi connectivity index (χ1v) is 15.9. The number of para-hydroxylation sites is 4. The van der Waals surface area contributed by atoms with Crippen molar-refractivity contribution in [3.63, 3.8) is 0 Å². The van der Waals surface area contributed by atoms with Crippen LogP contribution in [0.2, 0.25) is 0 Å². The number of hydrogen-bond donors (Lipinski definition) is 0. The summed E-state index contributed by atoms with van der Waals surface area (Å²) in [6.45, 7) is 8.13. The third-order valence-corrected chi connectivity index (χ3v) is 9.37. The maximum absolute atomic E-state index is 9.53. The van der Waals surface area contributed by atoms with Crippen molar-refractivity contribution in [3.05, 3.63) is 175 Å². The number of hydrogen-bond acceptors (Lipinski definition) is 1. The molecule has 0 fully saturated rings. The zero-order valence-electron chi connectivity index (χ0n) is 25.8. The molecule has 0 spiro atoms. The predicted octanol–water partition coefficient (Wildman–Crippen LogP) is 11.6. The van der Waals surface area contributed by atoms with Gasteiger partial charge in [0.2, 0.25) is 5.69 Å². The van der Waals surface area contributed by atoms with Gasteiger partial charge in [-0.05, 0) is 76.9 Å². The summed E-state index contributed by atoms with van der Waals surface area (Å²) in [7, 11) is 0. The van der Waals surface area contributed by atoms with E-state index in [4.69, 9.17) is 6.57 Å². The molecule has 2 heterocycles. The Balaban J connectivity index is 1.17. The van der Waals surface area contributed by atoms with E-state index in [2.05, 4.69) is 141 Å². The molecule has 4 heteroatoms. The molecule has 9 rings (SSSR count). The molecule has 0 amide bonds. The summed E-state index contributed by atoms with van der Waals surface area (Å²) < 4.78 is 4.51. The molecular formula is C44H26N4. The van der Waals surface area contributed by atoms with Crippen LogP contribution in [0, 0.1) is 17.9 Å². The lowest BCUT2D eigenvalue weighted by Gasteiger charge is -2.17. The number of fused-ring (bicyclic) bond motifs is 6. The molecule has 2 aromatic heterocycles. The van der Waals surface area contributed by atoms with Crippen LogP contribution in [0.4, 0.5) is 5.69 Å². The molecule has 0 atom stereocenters. The average Bonchev–Trinajstić information content (AvgIpc) is 3.67. The molecule has 0 saturated heterocycles. The van der Waals surface area contributed by atoms with Gasteiger partial charge in [0.1, 0.15) is 0 Å². The van der Waals surface area contributed by atoms with E-state index in [-0.39, 0.29) is 0 Å². The van der Waals surface area contributed by atoms with Gasteiger partial charge in [-0.2, -0.15) is 5.26 Å². The minimum Gasteiger partial charge on any atom is -0.318 e. The standard InChI is InChI=1S/C44H26N4/c1-46-39-16-9-15-34(44(39)48-41-18-6-2-12-35(41)36-13-3-7-19-42(36)48)32-11-8-10-31(27-32)30-21-23-33(24-22-30)47-40-17-5-4-14-37(40)38-26-29(28-45)20-25-43(38)47/h2-27H. The summed E-state index contributed by atoms with van der Waals surface area (Å²) in [5.41, 5.74) is 11.8. The Morgan fingerprint density at radius 2 is 1.06 bits per heavy atom. The number of nitrogens with zero attached hydrogens (tertiary/aromatic N) is 4. The molecule has 0 bridgehead atoms. The van der Waals surface area contributed by atoms with Gasteiger partial charge >= 0.3 is 0 Å². The van der Waals surface area contributed by atoms with Crippen molar-refractivity contribution >= 4 is 49.3 Å². The van der Waals surface area contributed by atoms with Crippen LogP contribution >= 0.6 is 0 Å². The topological polar surface area (TPSA) is 38.0 Å². The Labute approximate surface area is 277 Å². The maximum atomic E-state index is 9.53. The minimum atomic E-state index is 0.613. The van der Waals surface area contributed by atoms with Crippen LogP contribution in [0.1, 0.15) is 5.56 Å². The molecule has 0 radical (unpaired) electrons. The summed E-state index contributed by atoms with van der Waals surface area (Å²) >= 11 is 0. The van der Waals surface area contributed by atoms with Crippen LogP contribution < -0.4 is 0 Å². The van der Waals surface area contributed by atoms with Crippen molar-refractivity contribution < 1.29 is 0 Å². The lowest BCUT2D eigenvalue weighted by molar-refractivity contribution is 1.18. The number of aromatic nitrogens is 2. The van der Waals surface area contributed by atoms with Gasteiger partial charge in [-0.3, -0.25) is 0 Å². The first-order valence-electron chi connectivity index (χ1n) is 15.9. The zero-order valence-corrected chi connectivity index (χ0v) is 25.8. The second kappa shape index (κ2) is 10.9. The summed E-state index contributed by atoms with van der Waals surface area (Å²) in [5, 5.41) is 14.1. The third-order valence-electron chi connectivity index (χ3n) is 9.37. The minimum absolute atomic E-state index is 0.613. The van der Waals surface area contributed by atoms with Gasteiger partial charge in [-0.15, -0.1) is 0 Å². The van der Waals surface area contributed by atoms with Gasteiger partial charge in [0.25, 0.3) is 0 Å². The van der Waals surface area contributed by atoms with Crippen molar-refractivity contribution in [2.45, 2.75) is 0 Å². The van der Waals surface area contributed by atoms with Crippen molar-refractivity contribution in [1.29, 1.82) is 5.26 Å². The van der Waals surface area contributed by atoms with Gasteiger partial charge in [0, 0.05) is 27.2 Å². The molecule has 0 aliphatic carbocycles. The third kappa shape index (κ3) is 4.14. The first-order chi connectivity index (χ1) is 23.7. The van der Waals surface area contributed by atoms with Gasteiger partial charge in [0.15, 0.2) is 0 Å². The smallest absolute Gasteiger partial charge is 0.211 e. The fourth-order valence-corrected chi connectivity index (χ4v) is 7.24. The normalized spacial score (nSPS) is 11.3. The van der Waals surface area contributed by atoms with Crippen LogP contribution in [0.5, 0.6) is 0 Å². The lowest BCUT2D eigenvalue weighted by Crippen LogP contribution is -1.98. The predicted molar refractivity (Wildman–Crippen MR) is 197 cm³/mol. The molecule has 9 aromatic rings. The second-order valence-electron chi connectivity index (χ2n) is 12.0. The van der Waals surface area contributed by atoms with E-state index < -0.39 is 0 Å². The molecule has 0 saturated carbocycles. The van der Waals surface area contributed by atoms with E-state index in [1.165, 1.54) is 10.8 Å². The second-order valence-corrected chi connectivity index (χ2v) is 12.0.